The number of hydrogen-bond acceptors (Lipinski definition) is 16. The Morgan fingerprint density at radius 1 is 0.556 bits per heavy atom. The van der Waals surface area contributed by atoms with Crippen LogP contribution in [0.1, 0.15) is 24.8 Å². The van der Waals surface area contributed by atoms with E-state index < -0.39 is 51.0 Å². The van der Waals surface area contributed by atoms with Crippen molar-refractivity contribution >= 4 is 80.5 Å². The molecule has 5 heterocycles. The average molecular weight is 931 g/mol. The fourth-order valence-corrected chi connectivity index (χ4v) is 8.27. The van der Waals surface area contributed by atoms with Crippen LogP contribution in [0.2, 0.25) is 0 Å². The van der Waals surface area contributed by atoms with Gasteiger partial charge in [0, 0.05) is 61.8 Å². The summed E-state index contributed by atoms with van der Waals surface area (Å²) in [6, 6.07) is 15.7. The largest absolute Gasteiger partial charge is 1.00 e. The number of carboxylic acids is 1. The van der Waals surface area contributed by atoms with Crippen LogP contribution in [0, 0.1) is 11.8 Å². The zero-order chi connectivity index (χ0) is 42.3. The second kappa shape index (κ2) is 18.1. The van der Waals surface area contributed by atoms with Crippen LogP contribution in [0.5, 0.6) is 0 Å². The molecule has 4 aromatic carbocycles. The molecule has 2 aliphatic heterocycles. The van der Waals surface area contributed by atoms with Gasteiger partial charge in [0.1, 0.15) is 42.8 Å². The van der Waals surface area contributed by atoms with E-state index in [1.54, 1.807) is 18.2 Å². The van der Waals surface area contributed by atoms with Crippen LogP contribution in [-0.2, 0) is 35.1 Å². The molecule has 7 aromatic rings. The minimum atomic E-state index is -4.96. The molecule has 0 spiro atoms. The zero-order valence-electron chi connectivity index (χ0n) is 33.0. The molecule has 2 aliphatic rings. The van der Waals surface area contributed by atoms with Gasteiger partial charge in [-0.3, -0.25) is 4.55 Å². The molecule has 0 unspecified atom stereocenters. The Morgan fingerprint density at radius 3 is 1.44 bits per heavy atom. The molecule has 300 valence electrons. The molecule has 8 bridgehead atoms. The summed E-state index contributed by atoms with van der Waals surface area (Å²) in [5.41, 5.74) is 1.51. The average Bonchev–Trinajstić information content (AvgIpc) is 3.91. The normalized spacial score (nSPS) is 11.9. The van der Waals surface area contributed by atoms with Crippen molar-refractivity contribution in [2.75, 3.05) is 0 Å². The maximum Gasteiger partial charge on any atom is 1.00 e. The van der Waals surface area contributed by atoms with Crippen molar-refractivity contribution in [1.29, 1.82) is 0 Å². The van der Waals surface area contributed by atoms with Crippen LogP contribution in [0.25, 0.3) is 89.7 Å². The number of nitrogens with one attached hydrogen (secondary N) is 2. The molecule has 3 aromatic heterocycles. The molecular weight excluding hydrogens is 910 g/mol. The molecule has 63 heavy (non-hydrogen) atoms. The maximum atomic E-state index is 12.2. The van der Waals surface area contributed by atoms with E-state index in [2.05, 4.69) is 41.7 Å². The Kier molecular flexibility index (Phi) is 13.9. The molecule has 0 atom stereocenters. The number of hydrogen-bond donors (Lipinski definition) is 3. The fraction of sp³-hybridized carbons (Fsp3) is 0.0789. The van der Waals surface area contributed by atoms with Crippen molar-refractivity contribution < 1.29 is 137 Å². The monoisotopic (exact) mass is 930 g/mol. The van der Waals surface area contributed by atoms with Crippen LogP contribution >= 0.6 is 0 Å². The molecule has 0 amide bonds. The third-order valence-corrected chi connectivity index (χ3v) is 12.0. The number of fused-ring (bicyclic) bond motifs is 20. The summed E-state index contributed by atoms with van der Waals surface area (Å²) >= 11 is 0. The minimum absolute atomic E-state index is 0. The van der Waals surface area contributed by atoms with Gasteiger partial charge in [0.05, 0.1) is 14.7 Å². The quantitative estimate of drug-likeness (QED) is 0.0605. The molecule has 0 saturated heterocycles. The van der Waals surface area contributed by atoms with Crippen molar-refractivity contribution in [3.63, 3.8) is 0 Å². The van der Waals surface area contributed by atoms with Crippen LogP contribution in [0.15, 0.2) is 87.5 Å². The molecule has 0 radical (unpaired) electrons. The molecular formula is C38H21N8Na3O11S3. The second-order valence-electron chi connectivity index (χ2n) is 13.4. The Morgan fingerprint density at radius 2 is 0.984 bits per heavy atom. The topological polar surface area (TPSA) is 318 Å². The Bertz CT molecular complexity index is 3650. The van der Waals surface area contributed by atoms with Gasteiger partial charge in [-0.1, -0.05) is 11.8 Å². The number of unbranched alkanes of at least 4 members (excludes halogenated alkanes) is 1. The predicted octanol–water partition coefficient (Wildman–Crippen LogP) is -5.79. The number of benzene rings is 4. The third-order valence-electron chi connectivity index (χ3n) is 9.54. The van der Waals surface area contributed by atoms with Crippen molar-refractivity contribution in [2.24, 2.45) is 0 Å². The number of carbonyl (C=O) groups excluding carboxylic acids is 1. The van der Waals surface area contributed by atoms with Gasteiger partial charge in [-0.25, -0.2) is 46.7 Å². The van der Waals surface area contributed by atoms with Crippen molar-refractivity contribution in [2.45, 2.75) is 33.9 Å². The van der Waals surface area contributed by atoms with E-state index in [9.17, 15) is 48.8 Å². The number of aromatic nitrogens is 8. The number of H-pyrrole nitrogens is 2. The maximum absolute atomic E-state index is 12.2. The van der Waals surface area contributed by atoms with Crippen LogP contribution in [0.4, 0.5) is 0 Å². The van der Waals surface area contributed by atoms with E-state index in [-0.39, 0.29) is 187 Å². The van der Waals surface area contributed by atoms with E-state index in [0.29, 0.717) is 16.3 Å². The van der Waals surface area contributed by atoms with Gasteiger partial charge in [-0.05, 0) is 85.6 Å². The number of aromatic amines is 2. The van der Waals surface area contributed by atoms with E-state index in [4.69, 9.17) is 9.97 Å². The van der Waals surface area contributed by atoms with Gasteiger partial charge < -0.3 is 29.0 Å². The first-order valence-corrected chi connectivity index (χ1v) is 21.6. The van der Waals surface area contributed by atoms with Gasteiger partial charge in [-0.15, -0.1) is 0 Å². The fourth-order valence-electron chi connectivity index (χ4n) is 6.77. The molecule has 0 fully saturated rings. The molecule has 19 nitrogen and oxygen atoms in total. The Labute approximate surface area is 422 Å². The van der Waals surface area contributed by atoms with E-state index >= 15 is 0 Å². The summed E-state index contributed by atoms with van der Waals surface area (Å²) in [6.45, 7) is 0. The van der Waals surface area contributed by atoms with Gasteiger partial charge >= 0.3 is 88.7 Å². The van der Waals surface area contributed by atoms with Crippen molar-refractivity contribution in [1.82, 2.24) is 39.9 Å². The predicted molar refractivity (Wildman–Crippen MR) is 208 cm³/mol. The smallest absolute Gasteiger partial charge is 0.744 e. The van der Waals surface area contributed by atoms with Gasteiger partial charge in [0.2, 0.25) is 0 Å². The summed E-state index contributed by atoms with van der Waals surface area (Å²) in [5, 5.41) is 12.1. The number of nitrogens with zero attached hydrogens (tertiary/aromatic N) is 6. The van der Waals surface area contributed by atoms with E-state index in [0.717, 1.165) is 36.4 Å². The zero-order valence-corrected chi connectivity index (χ0v) is 41.4. The van der Waals surface area contributed by atoms with Crippen LogP contribution < -0.4 is 93.8 Å². The number of rotatable bonds is 6. The first kappa shape index (κ1) is 48.5. The first-order valence-electron chi connectivity index (χ1n) is 17.4. The van der Waals surface area contributed by atoms with Crippen LogP contribution in [0.3, 0.4) is 0 Å². The van der Waals surface area contributed by atoms with Gasteiger partial charge in [-0.2, -0.15) is 8.42 Å². The summed E-state index contributed by atoms with van der Waals surface area (Å²) in [7, 11) is -14.6. The number of carboxylic acid groups (broad SMARTS) is 1. The summed E-state index contributed by atoms with van der Waals surface area (Å²) in [5.74, 6) is 4.49. The molecule has 25 heteroatoms. The van der Waals surface area contributed by atoms with Crippen LogP contribution in [-0.4, -0.2) is 84.8 Å². The van der Waals surface area contributed by atoms with Gasteiger partial charge in [0.15, 0.2) is 23.3 Å². The molecule has 9 rings (SSSR count). The Balaban J connectivity index is 0.00000220. The second-order valence-corrected chi connectivity index (χ2v) is 17.6. The summed E-state index contributed by atoms with van der Waals surface area (Å²) in [6.07, 6.45) is 0.393. The van der Waals surface area contributed by atoms with Crippen molar-refractivity contribution in [3.8, 4) is 57.4 Å². The van der Waals surface area contributed by atoms with Crippen molar-refractivity contribution in [3.05, 3.63) is 78.4 Å². The first-order chi connectivity index (χ1) is 28.4. The molecule has 3 N–H and O–H groups in total. The number of carbonyl (C=O) groups is 1. The van der Waals surface area contributed by atoms with E-state index in [1.165, 1.54) is 18.2 Å². The molecule has 0 saturated carbocycles. The summed E-state index contributed by atoms with van der Waals surface area (Å²) in [4.78, 5) is 43.4. The molecule has 0 aliphatic carbocycles. The minimum Gasteiger partial charge on any atom is -0.744 e. The van der Waals surface area contributed by atoms with Gasteiger partial charge in [0.25, 0.3) is 10.1 Å². The standard InChI is InChI=1S/C38H24N8O11S3.3Na/c47-30(48)5-3-1-2-4-18-6-10-22-26(14-18)35-39-31(22)41-36-28-16-20(59(52,53)54)8-12-24(28)33(43-36)45-38-29-17-21(60(55,56)57)9-13-25(29)34(46-38)44-37-27-15-19(58(49,50)51)7-11-23(27)32(40-35)42-37;;;/h6-17H,1,3,5H2,(H,47,48)(H,49,50,51)(H,52,53,54)(H,55,56,57)(H2,39,40,41,42,43,44,45,46);;;/q;3*+1/p-3. The van der Waals surface area contributed by atoms with E-state index in [1.807, 2.05) is 0 Å². The SMILES string of the molecule is O=C([O-])CCCC#Cc1ccc2c3nc4nc(nc5[nH]c(nc6nc(nc([nH]3)c2c1)-c1ccc(S(=O)(=O)[O-])cc1-6)c1ccc(S(=O)(=O)O)cc51)-c1ccc(S(=O)(=O)[O-])cc1-4.[Na+].[Na+].[Na+]. The third kappa shape index (κ3) is 9.55. The Hall–Kier alpha value is -4.00. The summed E-state index contributed by atoms with van der Waals surface area (Å²) < 4.78 is 107. The number of aliphatic carboxylic acids is 1.